The largest absolute Gasteiger partial charge is 0.397 e. The van der Waals surface area contributed by atoms with Crippen molar-refractivity contribution in [3.63, 3.8) is 0 Å². The van der Waals surface area contributed by atoms with Crippen LogP contribution in [0.1, 0.15) is 6.92 Å². The Morgan fingerprint density at radius 2 is 2.33 bits per heavy atom. The summed E-state index contributed by atoms with van der Waals surface area (Å²) in [5.41, 5.74) is 6.82. The Hall–Kier alpha value is -0.910. The van der Waals surface area contributed by atoms with Gasteiger partial charge in [-0.05, 0) is 25.1 Å². The van der Waals surface area contributed by atoms with Crippen molar-refractivity contribution in [2.45, 2.75) is 12.2 Å². The van der Waals surface area contributed by atoms with Crippen molar-refractivity contribution in [2.24, 2.45) is 0 Å². The molecule has 1 amide bonds. The maximum absolute atomic E-state index is 11.9. The van der Waals surface area contributed by atoms with E-state index in [1.54, 1.807) is 25.3 Å². The molecule has 0 radical (unpaired) electrons. The minimum atomic E-state index is -0.157. The Morgan fingerprint density at radius 1 is 1.61 bits per heavy atom. The van der Waals surface area contributed by atoms with E-state index in [4.69, 9.17) is 22.1 Å². The maximum Gasteiger partial charge on any atom is 0.237 e. The van der Waals surface area contributed by atoms with Gasteiger partial charge in [0.1, 0.15) is 0 Å². The highest BCUT2D eigenvalue weighted by Crippen LogP contribution is 2.23. The Bertz CT molecular complexity index is 415. The molecule has 0 aliphatic rings. The Balaban J connectivity index is 2.53. The van der Waals surface area contributed by atoms with Gasteiger partial charge in [0.05, 0.1) is 23.2 Å². The number of hydrogen-bond donors (Lipinski definition) is 2. The van der Waals surface area contributed by atoms with E-state index in [0.29, 0.717) is 23.0 Å². The maximum atomic E-state index is 11.9. The first-order valence-corrected chi connectivity index (χ1v) is 6.93. The predicted molar refractivity (Wildman–Crippen MR) is 78.3 cm³/mol. The molecule has 0 fully saturated rings. The molecule has 1 unspecified atom stereocenters. The first kappa shape index (κ1) is 15.1. The monoisotopic (exact) mass is 288 g/mol. The van der Waals surface area contributed by atoms with Crippen LogP contribution in [0.3, 0.4) is 0 Å². The topological polar surface area (TPSA) is 64.3 Å². The number of nitrogen functional groups attached to an aromatic ring is 1. The second-order valence-electron chi connectivity index (χ2n) is 3.73. The van der Waals surface area contributed by atoms with Crippen molar-refractivity contribution in [1.82, 2.24) is 0 Å². The van der Waals surface area contributed by atoms with Crippen LogP contribution in [0.5, 0.6) is 0 Å². The van der Waals surface area contributed by atoms with E-state index in [9.17, 15) is 4.79 Å². The molecule has 0 aliphatic carbocycles. The van der Waals surface area contributed by atoms with Crippen molar-refractivity contribution in [3.8, 4) is 0 Å². The SMILES string of the molecule is COCCSC(C)C(=O)Nc1ccc(Cl)cc1N. The van der Waals surface area contributed by atoms with Crippen LogP contribution in [0.2, 0.25) is 5.02 Å². The summed E-state index contributed by atoms with van der Waals surface area (Å²) in [5.74, 6) is 0.700. The number of thioether (sulfide) groups is 1. The lowest BCUT2D eigenvalue weighted by Crippen LogP contribution is -2.23. The lowest BCUT2D eigenvalue weighted by molar-refractivity contribution is -0.115. The van der Waals surface area contributed by atoms with E-state index in [2.05, 4.69) is 5.32 Å². The van der Waals surface area contributed by atoms with Crippen molar-refractivity contribution in [1.29, 1.82) is 0 Å². The zero-order valence-electron chi connectivity index (χ0n) is 10.4. The van der Waals surface area contributed by atoms with Crippen LogP contribution >= 0.6 is 23.4 Å². The quantitative estimate of drug-likeness (QED) is 0.624. The van der Waals surface area contributed by atoms with E-state index in [-0.39, 0.29) is 11.2 Å². The van der Waals surface area contributed by atoms with Gasteiger partial charge in [0.2, 0.25) is 5.91 Å². The number of amides is 1. The molecule has 1 atom stereocenters. The average Bonchev–Trinajstić information content (AvgIpc) is 2.32. The normalized spacial score (nSPS) is 12.2. The van der Waals surface area contributed by atoms with Crippen LogP contribution in [-0.2, 0) is 9.53 Å². The Labute approximate surface area is 116 Å². The fourth-order valence-corrected chi connectivity index (χ4v) is 2.27. The van der Waals surface area contributed by atoms with Gasteiger partial charge in [-0.3, -0.25) is 4.79 Å². The molecule has 0 aromatic heterocycles. The van der Waals surface area contributed by atoms with Crippen LogP contribution in [0.4, 0.5) is 11.4 Å². The van der Waals surface area contributed by atoms with Crippen LogP contribution in [0, 0.1) is 0 Å². The average molecular weight is 289 g/mol. The number of hydrogen-bond acceptors (Lipinski definition) is 4. The van der Waals surface area contributed by atoms with Crippen LogP contribution < -0.4 is 11.1 Å². The van der Waals surface area contributed by atoms with E-state index < -0.39 is 0 Å². The van der Waals surface area contributed by atoms with E-state index in [1.165, 1.54) is 11.8 Å². The van der Waals surface area contributed by atoms with Gasteiger partial charge in [0.25, 0.3) is 0 Å². The van der Waals surface area contributed by atoms with Gasteiger partial charge in [0.15, 0.2) is 0 Å². The molecular formula is C12H17ClN2O2S. The van der Waals surface area contributed by atoms with Gasteiger partial charge < -0.3 is 15.8 Å². The number of rotatable bonds is 6. The van der Waals surface area contributed by atoms with E-state index in [0.717, 1.165) is 5.75 Å². The van der Waals surface area contributed by atoms with E-state index >= 15 is 0 Å². The van der Waals surface area contributed by atoms with Gasteiger partial charge in [-0.2, -0.15) is 0 Å². The summed E-state index contributed by atoms with van der Waals surface area (Å²) < 4.78 is 4.94. The minimum absolute atomic E-state index is 0.0786. The van der Waals surface area contributed by atoms with Gasteiger partial charge in [-0.1, -0.05) is 11.6 Å². The molecule has 0 aliphatic heterocycles. The van der Waals surface area contributed by atoms with Crippen molar-refractivity contribution < 1.29 is 9.53 Å². The number of nitrogens with two attached hydrogens (primary N) is 1. The summed E-state index contributed by atoms with van der Waals surface area (Å²) >= 11 is 7.32. The first-order valence-electron chi connectivity index (χ1n) is 5.51. The Morgan fingerprint density at radius 3 is 2.94 bits per heavy atom. The van der Waals surface area contributed by atoms with Crippen LogP contribution in [0.15, 0.2) is 18.2 Å². The molecule has 1 rings (SSSR count). The second kappa shape index (κ2) is 7.51. The Kier molecular flexibility index (Phi) is 6.32. The summed E-state index contributed by atoms with van der Waals surface area (Å²) in [7, 11) is 1.64. The number of anilines is 2. The number of methoxy groups -OCH3 is 1. The van der Waals surface area contributed by atoms with Gasteiger partial charge >= 0.3 is 0 Å². The number of carbonyl (C=O) groups excluding carboxylic acids is 1. The molecule has 0 saturated carbocycles. The number of nitrogens with one attached hydrogen (secondary N) is 1. The number of benzene rings is 1. The standard InChI is InChI=1S/C12H17ClN2O2S/c1-8(18-6-5-17-2)12(16)15-11-4-3-9(13)7-10(11)14/h3-4,7-8H,5-6,14H2,1-2H3,(H,15,16). The summed E-state index contributed by atoms with van der Waals surface area (Å²) in [5, 5.41) is 3.17. The van der Waals surface area contributed by atoms with Gasteiger partial charge in [-0.25, -0.2) is 0 Å². The summed E-state index contributed by atoms with van der Waals surface area (Å²) in [6.07, 6.45) is 0. The molecule has 6 heteroatoms. The third kappa shape index (κ3) is 4.76. The van der Waals surface area contributed by atoms with Crippen molar-refractivity contribution in [2.75, 3.05) is 30.5 Å². The van der Waals surface area contributed by atoms with Gasteiger partial charge in [0, 0.05) is 17.9 Å². The van der Waals surface area contributed by atoms with E-state index in [1.807, 2.05) is 6.92 Å². The lowest BCUT2D eigenvalue weighted by Gasteiger charge is -2.13. The fraction of sp³-hybridized carbons (Fsp3) is 0.417. The molecule has 0 spiro atoms. The highest BCUT2D eigenvalue weighted by Gasteiger charge is 2.14. The molecule has 0 heterocycles. The molecule has 4 nitrogen and oxygen atoms in total. The lowest BCUT2D eigenvalue weighted by atomic mass is 10.2. The van der Waals surface area contributed by atoms with Crippen LogP contribution in [-0.4, -0.2) is 30.6 Å². The number of carbonyl (C=O) groups is 1. The molecule has 1 aromatic carbocycles. The highest BCUT2D eigenvalue weighted by atomic mass is 35.5. The van der Waals surface area contributed by atoms with Crippen molar-refractivity contribution >= 4 is 40.6 Å². The second-order valence-corrected chi connectivity index (χ2v) is 5.61. The molecule has 1 aromatic rings. The molecule has 0 saturated heterocycles. The fourth-order valence-electron chi connectivity index (χ4n) is 1.27. The molecule has 18 heavy (non-hydrogen) atoms. The third-order valence-corrected chi connectivity index (χ3v) is 3.65. The smallest absolute Gasteiger partial charge is 0.237 e. The first-order chi connectivity index (χ1) is 8.54. The highest BCUT2D eigenvalue weighted by molar-refractivity contribution is 8.00. The minimum Gasteiger partial charge on any atom is -0.397 e. The summed E-state index contributed by atoms with van der Waals surface area (Å²) in [6.45, 7) is 2.48. The summed E-state index contributed by atoms with van der Waals surface area (Å²) in [6, 6.07) is 5.00. The van der Waals surface area contributed by atoms with Gasteiger partial charge in [-0.15, -0.1) is 11.8 Å². The third-order valence-electron chi connectivity index (χ3n) is 2.30. The summed E-state index contributed by atoms with van der Waals surface area (Å²) in [4.78, 5) is 11.9. The number of ether oxygens (including phenoxy) is 1. The predicted octanol–water partition coefficient (Wildman–Crippen LogP) is 2.63. The van der Waals surface area contributed by atoms with Crippen molar-refractivity contribution in [3.05, 3.63) is 23.2 Å². The molecule has 3 N–H and O–H groups in total. The molecular weight excluding hydrogens is 272 g/mol. The number of halogens is 1. The molecule has 100 valence electrons. The zero-order valence-corrected chi connectivity index (χ0v) is 12.0. The van der Waals surface area contributed by atoms with Crippen LogP contribution in [0.25, 0.3) is 0 Å². The zero-order chi connectivity index (χ0) is 13.5. The molecule has 0 bridgehead atoms.